The van der Waals surface area contributed by atoms with Gasteiger partial charge >= 0.3 is 6.18 Å². The van der Waals surface area contributed by atoms with Crippen LogP contribution in [-0.4, -0.2) is 30.1 Å². The molecule has 0 radical (unpaired) electrons. The number of benzene rings is 2. The highest BCUT2D eigenvalue weighted by atomic mass is 19.4. The average Bonchev–Trinajstić information content (AvgIpc) is 2.86. The summed E-state index contributed by atoms with van der Waals surface area (Å²) in [7, 11) is 0. The van der Waals surface area contributed by atoms with E-state index in [2.05, 4.69) is 21.9 Å². The number of hydrogen-bond donors (Lipinski definition) is 0. The number of likely N-dealkylation sites (tertiary alicyclic amines) is 1. The van der Waals surface area contributed by atoms with Crippen LogP contribution < -0.4 is 4.90 Å². The van der Waals surface area contributed by atoms with Crippen molar-refractivity contribution in [2.45, 2.75) is 37.6 Å². The largest absolute Gasteiger partial charge is 0.416 e. The molecule has 0 N–H and O–H groups in total. The molecule has 2 aliphatic heterocycles. The lowest BCUT2D eigenvalue weighted by atomic mass is 10.1. The van der Waals surface area contributed by atoms with Gasteiger partial charge in [-0.2, -0.15) is 13.2 Å². The second-order valence-corrected chi connectivity index (χ2v) is 7.02. The minimum atomic E-state index is -4.29. The van der Waals surface area contributed by atoms with Crippen LogP contribution in [0.2, 0.25) is 0 Å². The van der Waals surface area contributed by atoms with Gasteiger partial charge in [0.05, 0.1) is 5.56 Å². The molecule has 0 amide bonds. The summed E-state index contributed by atoms with van der Waals surface area (Å²) < 4.78 is 39.1. The molecule has 4 rings (SSSR count). The fourth-order valence-electron chi connectivity index (χ4n) is 4.23. The van der Waals surface area contributed by atoms with Crippen LogP contribution in [0.3, 0.4) is 0 Å². The SMILES string of the molecule is FC(F)(F)c1cccc(N2C3CCC2CN(Cc2ccccc2)C3)c1. The minimum absolute atomic E-state index is 0.297. The Balaban J connectivity index is 1.51. The van der Waals surface area contributed by atoms with Crippen molar-refractivity contribution in [1.29, 1.82) is 0 Å². The topological polar surface area (TPSA) is 6.48 Å². The Morgan fingerprint density at radius 3 is 2.20 bits per heavy atom. The molecule has 132 valence electrons. The van der Waals surface area contributed by atoms with Gasteiger partial charge in [0.1, 0.15) is 0 Å². The van der Waals surface area contributed by atoms with E-state index in [1.54, 1.807) is 0 Å². The maximum Gasteiger partial charge on any atom is 0.416 e. The Hall–Kier alpha value is -2.01. The molecule has 2 unspecified atom stereocenters. The molecule has 2 heterocycles. The quantitative estimate of drug-likeness (QED) is 0.804. The monoisotopic (exact) mass is 346 g/mol. The Bertz CT molecular complexity index is 715. The lowest BCUT2D eigenvalue weighted by Crippen LogP contribution is -2.53. The van der Waals surface area contributed by atoms with E-state index in [-0.39, 0.29) is 0 Å². The van der Waals surface area contributed by atoms with Gasteiger partial charge in [-0.15, -0.1) is 0 Å². The smallest absolute Gasteiger partial charge is 0.363 e. The molecular formula is C20H21F3N2. The number of rotatable bonds is 3. The first-order valence-corrected chi connectivity index (χ1v) is 8.72. The third kappa shape index (κ3) is 3.38. The van der Waals surface area contributed by atoms with Crippen molar-refractivity contribution in [3.05, 3.63) is 65.7 Å². The van der Waals surface area contributed by atoms with E-state index in [0.29, 0.717) is 17.8 Å². The van der Waals surface area contributed by atoms with Gasteiger partial charge < -0.3 is 4.90 Å². The Morgan fingerprint density at radius 2 is 1.56 bits per heavy atom. The number of halogens is 3. The number of anilines is 1. The van der Waals surface area contributed by atoms with Gasteiger partial charge in [-0.25, -0.2) is 0 Å². The maximum absolute atomic E-state index is 13.0. The highest BCUT2D eigenvalue weighted by Gasteiger charge is 2.40. The highest BCUT2D eigenvalue weighted by Crippen LogP contribution is 2.38. The van der Waals surface area contributed by atoms with Crippen LogP contribution in [-0.2, 0) is 12.7 Å². The van der Waals surface area contributed by atoms with Crippen molar-refractivity contribution in [3.63, 3.8) is 0 Å². The third-order valence-corrected chi connectivity index (χ3v) is 5.28. The lowest BCUT2D eigenvalue weighted by Gasteiger charge is -2.42. The van der Waals surface area contributed by atoms with Crippen molar-refractivity contribution >= 4 is 5.69 Å². The molecular weight excluding hydrogens is 325 g/mol. The first kappa shape index (κ1) is 16.5. The molecule has 25 heavy (non-hydrogen) atoms. The van der Waals surface area contributed by atoms with Crippen LogP contribution in [0.1, 0.15) is 24.0 Å². The summed E-state index contributed by atoms with van der Waals surface area (Å²) in [6, 6.07) is 16.7. The third-order valence-electron chi connectivity index (χ3n) is 5.28. The summed E-state index contributed by atoms with van der Waals surface area (Å²) in [5.74, 6) is 0. The van der Waals surface area contributed by atoms with Crippen molar-refractivity contribution in [1.82, 2.24) is 4.90 Å². The second kappa shape index (κ2) is 6.37. The molecule has 2 aromatic carbocycles. The zero-order chi connectivity index (χ0) is 17.4. The van der Waals surface area contributed by atoms with Gasteiger partial charge in [0.2, 0.25) is 0 Å². The maximum atomic E-state index is 13.0. The van der Waals surface area contributed by atoms with Gasteiger partial charge in [0.15, 0.2) is 0 Å². The van der Waals surface area contributed by atoms with Crippen molar-refractivity contribution < 1.29 is 13.2 Å². The first-order chi connectivity index (χ1) is 12.0. The molecule has 0 aliphatic carbocycles. The van der Waals surface area contributed by atoms with E-state index in [1.165, 1.54) is 17.7 Å². The molecule has 2 aromatic rings. The fraction of sp³-hybridized carbons (Fsp3) is 0.400. The molecule has 0 aromatic heterocycles. The molecule has 2 nitrogen and oxygen atoms in total. The zero-order valence-corrected chi connectivity index (χ0v) is 13.9. The van der Waals surface area contributed by atoms with Gasteiger partial charge in [-0.3, -0.25) is 4.90 Å². The fourth-order valence-corrected chi connectivity index (χ4v) is 4.23. The number of nitrogens with zero attached hydrogens (tertiary/aromatic N) is 2. The number of piperazine rings is 1. The van der Waals surface area contributed by atoms with Gasteiger partial charge in [0, 0.05) is 37.4 Å². The van der Waals surface area contributed by atoms with Gasteiger partial charge in [-0.05, 0) is 36.6 Å². The van der Waals surface area contributed by atoms with Crippen LogP contribution in [0.4, 0.5) is 18.9 Å². The lowest BCUT2D eigenvalue weighted by molar-refractivity contribution is -0.137. The molecule has 2 saturated heterocycles. The summed E-state index contributed by atoms with van der Waals surface area (Å²) in [4.78, 5) is 4.65. The van der Waals surface area contributed by atoms with Crippen molar-refractivity contribution in [3.8, 4) is 0 Å². The van der Waals surface area contributed by atoms with Gasteiger partial charge in [-0.1, -0.05) is 36.4 Å². The first-order valence-electron chi connectivity index (χ1n) is 8.72. The van der Waals surface area contributed by atoms with Crippen molar-refractivity contribution in [2.75, 3.05) is 18.0 Å². The molecule has 2 bridgehead atoms. The van der Waals surface area contributed by atoms with Crippen LogP contribution in [0.25, 0.3) is 0 Å². The summed E-state index contributed by atoms with van der Waals surface area (Å²) in [5, 5.41) is 0. The number of alkyl halides is 3. The Labute approximate surface area is 145 Å². The average molecular weight is 346 g/mol. The van der Waals surface area contributed by atoms with Crippen LogP contribution >= 0.6 is 0 Å². The summed E-state index contributed by atoms with van der Waals surface area (Å²) in [5.41, 5.74) is 1.44. The predicted octanol–water partition coefficient (Wildman–Crippen LogP) is 4.56. The number of fused-ring (bicyclic) bond motifs is 2. The molecule has 0 saturated carbocycles. The Morgan fingerprint density at radius 1 is 0.880 bits per heavy atom. The van der Waals surface area contributed by atoms with Crippen LogP contribution in [0.15, 0.2) is 54.6 Å². The summed E-state index contributed by atoms with van der Waals surface area (Å²) >= 11 is 0. The molecule has 2 atom stereocenters. The van der Waals surface area contributed by atoms with E-state index in [9.17, 15) is 13.2 Å². The molecule has 2 aliphatic rings. The number of hydrogen-bond acceptors (Lipinski definition) is 2. The van der Waals surface area contributed by atoms with E-state index < -0.39 is 11.7 Å². The van der Waals surface area contributed by atoms with E-state index in [0.717, 1.165) is 38.5 Å². The molecule has 2 fully saturated rings. The molecule has 0 spiro atoms. The van der Waals surface area contributed by atoms with E-state index in [1.807, 2.05) is 24.3 Å². The van der Waals surface area contributed by atoms with E-state index >= 15 is 0 Å². The highest BCUT2D eigenvalue weighted by molar-refractivity contribution is 5.53. The van der Waals surface area contributed by atoms with E-state index in [4.69, 9.17) is 0 Å². The van der Waals surface area contributed by atoms with Crippen molar-refractivity contribution in [2.24, 2.45) is 0 Å². The minimum Gasteiger partial charge on any atom is -0.363 e. The summed E-state index contributed by atoms with van der Waals surface area (Å²) in [6.45, 7) is 2.72. The van der Waals surface area contributed by atoms with Crippen LogP contribution in [0, 0.1) is 0 Å². The van der Waals surface area contributed by atoms with Gasteiger partial charge in [0.25, 0.3) is 0 Å². The van der Waals surface area contributed by atoms with Crippen LogP contribution in [0.5, 0.6) is 0 Å². The normalized spacial score (nSPS) is 23.9. The zero-order valence-electron chi connectivity index (χ0n) is 13.9. The summed E-state index contributed by atoms with van der Waals surface area (Å²) in [6.07, 6.45) is -2.19. The standard InChI is InChI=1S/C20H21F3N2/c21-20(22,23)16-7-4-8-17(11-16)25-18-9-10-19(25)14-24(13-18)12-15-5-2-1-3-6-15/h1-8,11,18-19H,9-10,12-14H2. The molecule has 5 heteroatoms. The predicted molar refractivity (Wildman–Crippen MR) is 92.5 cm³/mol. The second-order valence-electron chi connectivity index (χ2n) is 7.02. The Kier molecular flexibility index (Phi) is 4.20.